The molecule has 0 aromatic carbocycles. The Kier molecular flexibility index (Phi) is 4.97. The lowest BCUT2D eigenvalue weighted by molar-refractivity contribution is -0.210. The van der Waals surface area contributed by atoms with Gasteiger partial charge in [-0.1, -0.05) is 6.42 Å². The number of hydrogen-bond acceptors (Lipinski definition) is 4. The summed E-state index contributed by atoms with van der Waals surface area (Å²) in [6.07, 6.45) is -0.829. The molecule has 0 unspecified atom stereocenters. The van der Waals surface area contributed by atoms with Gasteiger partial charge in [-0.3, -0.25) is 0 Å². The van der Waals surface area contributed by atoms with Crippen molar-refractivity contribution in [2.45, 2.75) is 62.6 Å². The molecule has 1 saturated carbocycles. The van der Waals surface area contributed by atoms with Gasteiger partial charge in [-0.15, -0.1) is 0 Å². The molecule has 1 N–H and O–H groups in total. The van der Waals surface area contributed by atoms with E-state index in [4.69, 9.17) is 14.2 Å². The van der Waals surface area contributed by atoms with Gasteiger partial charge in [-0.2, -0.15) is 13.2 Å². The van der Waals surface area contributed by atoms with E-state index in [1.54, 1.807) is 0 Å². The molecule has 0 amide bonds. The number of ether oxygens (including phenoxy) is 3. The number of alkyl halides is 3. The van der Waals surface area contributed by atoms with E-state index < -0.39 is 17.9 Å². The fraction of sp³-hybridized carbons (Fsp3) is 1.00. The van der Waals surface area contributed by atoms with Crippen molar-refractivity contribution in [1.29, 1.82) is 0 Å². The molecule has 2 heterocycles. The standard InChI is InChI=1S/C15H24F3NO3/c16-15(17,18)11-2-1-3-12(8-11)19-9-13-10-21-14(22-13)4-6-20-7-5-14/h11-13,19H,1-10H2/t11-,12-,13-/m1/s1. The minimum absolute atomic E-state index is 0.0739. The van der Waals surface area contributed by atoms with E-state index in [1.165, 1.54) is 0 Å². The van der Waals surface area contributed by atoms with Gasteiger partial charge in [0, 0.05) is 25.4 Å². The van der Waals surface area contributed by atoms with Gasteiger partial charge in [0.2, 0.25) is 0 Å². The summed E-state index contributed by atoms with van der Waals surface area (Å²) >= 11 is 0. The Morgan fingerprint density at radius 1 is 1.14 bits per heavy atom. The second kappa shape index (κ2) is 6.63. The second-order valence-corrected chi connectivity index (χ2v) is 6.58. The smallest absolute Gasteiger partial charge is 0.381 e. The molecule has 1 spiro atoms. The zero-order valence-electron chi connectivity index (χ0n) is 12.7. The average Bonchev–Trinajstić information content (AvgIpc) is 2.88. The van der Waals surface area contributed by atoms with Crippen molar-refractivity contribution in [2.75, 3.05) is 26.4 Å². The SMILES string of the molecule is FC(F)(F)[C@@H]1CCC[C@@H](NC[C@@H]2COC3(CCOCC3)O2)C1. The van der Waals surface area contributed by atoms with Gasteiger partial charge in [0.15, 0.2) is 5.79 Å². The molecular weight excluding hydrogens is 299 g/mol. The Bertz CT molecular complexity index is 372. The molecule has 3 atom stereocenters. The topological polar surface area (TPSA) is 39.7 Å². The van der Waals surface area contributed by atoms with Crippen LogP contribution in [0.15, 0.2) is 0 Å². The van der Waals surface area contributed by atoms with Gasteiger partial charge >= 0.3 is 6.18 Å². The summed E-state index contributed by atoms with van der Waals surface area (Å²) in [5.41, 5.74) is 0. The van der Waals surface area contributed by atoms with Crippen LogP contribution in [0.2, 0.25) is 0 Å². The fourth-order valence-electron chi connectivity index (χ4n) is 3.63. The van der Waals surface area contributed by atoms with Crippen LogP contribution in [-0.2, 0) is 14.2 Å². The predicted octanol–water partition coefficient (Wildman–Crippen LogP) is 2.62. The molecule has 128 valence electrons. The average molecular weight is 323 g/mol. The maximum atomic E-state index is 12.8. The van der Waals surface area contributed by atoms with Gasteiger partial charge in [0.25, 0.3) is 0 Å². The second-order valence-electron chi connectivity index (χ2n) is 6.58. The molecule has 3 fully saturated rings. The van der Waals surface area contributed by atoms with E-state index >= 15 is 0 Å². The van der Waals surface area contributed by atoms with Crippen molar-refractivity contribution >= 4 is 0 Å². The lowest BCUT2D eigenvalue weighted by atomic mass is 9.85. The highest BCUT2D eigenvalue weighted by Crippen LogP contribution is 2.38. The highest BCUT2D eigenvalue weighted by molar-refractivity contribution is 4.85. The summed E-state index contributed by atoms with van der Waals surface area (Å²) in [6, 6.07) is -0.0739. The molecule has 22 heavy (non-hydrogen) atoms. The highest BCUT2D eigenvalue weighted by Gasteiger charge is 2.44. The van der Waals surface area contributed by atoms with Gasteiger partial charge in [-0.25, -0.2) is 0 Å². The minimum Gasteiger partial charge on any atom is -0.381 e. The van der Waals surface area contributed by atoms with Crippen molar-refractivity contribution in [1.82, 2.24) is 5.32 Å². The fourth-order valence-corrected chi connectivity index (χ4v) is 3.63. The van der Waals surface area contributed by atoms with Crippen LogP contribution in [0, 0.1) is 5.92 Å². The summed E-state index contributed by atoms with van der Waals surface area (Å²) < 4.78 is 55.5. The van der Waals surface area contributed by atoms with Crippen LogP contribution in [0.1, 0.15) is 38.5 Å². The lowest BCUT2D eigenvalue weighted by Gasteiger charge is -2.33. The maximum absolute atomic E-state index is 12.8. The third-order valence-electron chi connectivity index (χ3n) is 4.94. The molecule has 3 aliphatic rings. The van der Waals surface area contributed by atoms with E-state index in [0.29, 0.717) is 32.8 Å². The zero-order chi connectivity index (χ0) is 15.6. The van der Waals surface area contributed by atoms with Gasteiger partial charge in [0.05, 0.1) is 31.8 Å². The molecule has 3 rings (SSSR count). The third kappa shape index (κ3) is 3.93. The van der Waals surface area contributed by atoms with Crippen molar-refractivity contribution < 1.29 is 27.4 Å². The third-order valence-corrected chi connectivity index (χ3v) is 4.94. The van der Waals surface area contributed by atoms with Crippen molar-refractivity contribution in [3.63, 3.8) is 0 Å². The summed E-state index contributed by atoms with van der Waals surface area (Å²) in [5, 5.41) is 3.25. The van der Waals surface area contributed by atoms with Crippen molar-refractivity contribution in [3.05, 3.63) is 0 Å². The molecule has 0 aromatic heterocycles. The van der Waals surface area contributed by atoms with Crippen molar-refractivity contribution in [2.24, 2.45) is 5.92 Å². The molecule has 0 radical (unpaired) electrons. The first-order valence-corrected chi connectivity index (χ1v) is 8.16. The van der Waals surface area contributed by atoms with Gasteiger partial charge in [0.1, 0.15) is 0 Å². The first kappa shape index (κ1) is 16.5. The molecule has 0 aromatic rings. The summed E-state index contributed by atoms with van der Waals surface area (Å²) in [7, 11) is 0. The number of nitrogens with one attached hydrogen (secondary N) is 1. The first-order chi connectivity index (χ1) is 10.5. The van der Waals surface area contributed by atoms with E-state index in [2.05, 4.69) is 5.32 Å². The van der Waals surface area contributed by atoms with Crippen LogP contribution < -0.4 is 5.32 Å². The van der Waals surface area contributed by atoms with E-state index in [-0.39, 0.29) is 25.0 Å². The minimum atomic E-state index is -4.07. The summed E-state index contributed by atoms with van der Waals surface area (Å²) in [6.45, 7) is 2.33. The largest absolute Gasteiger partial charge is 0.391 e. The van der Waals surface area contributed by atoms with Crippen LogP contribution >= 0.6 is 0 Å². The monoisotopic (exact) mass is 323 g/mol. The normalized spacial score (nSPS) is 35.9. The lowest BCUT2D eigenvalue weighted by Crippen LogP contribution is -2.43. The quantitative estimate of drug-likeness (QED) is 0.867. The first-order valence-electron chi connectivity index (χ1n) is 8.16. The molecular formula is C15H24F3NO3. The molecule has 7 heteroatoms. The molecule has 2 saturated heterocycles. The zero-order valence-corrected chi connectivity index (χ0v) is 12.7. The predicted molar refractivity (Wildman–Crippen MR) is 73.4 cm³/mol. The Balaban J connectivity index is 1.43. The molecule has 0 bridgehead atoms. The Labute approximate surface area is 128 Å². The number of rotatable bonds is 3. The number of halogens is 3. The van der Waals surface area contributed by atoms with Crippen molar-refractivity contribution in [3.8, 4) is 0 Å². The number of hydrogen-bond donors (Lipinski definition) is 1. The Morgan fingerprint density at radius 2 is 1.91 bits per heavy atom. The van der Waals surface area contributed by atoms with Crippen LogP contribution in [0.4, 0.5) is 13.2 Å². The molecule has 2 aliphatic heterocycles. The van der Waals surface area contributed by atoms with E-state index in [0.717, 1.165) is 19.3 Å². The van der Waals surface area contributed by atoms with Crippen LogP contribution in [0.25, 0.3) is 0 Å². The highest BCUT2D eigenvalue weighted by atomic mass is 19.4. The van der Waals surface area contributed by atoms with E-state index in [1.807, 2.05) is 0 Å². The maximum Gasteiger partial charge on any atom is 0.391 e. The molecule has 1 aliphatic carbocycles. The van der Waals surface area contributed by atoms with Gasteiger partial charge < -0.3 is 19.5 Å². The molecule has 4 nitrogen and oxygen atoms in total. The Hall–Kier alpha value is -0.370. The van der Waals surface area contributed by atoms with E-state index in [9.17, 15) is 13.2 Å². The van der Waals surface area contributed by atoms with Crippen LogP contribution in [0.5, 0.6) is 0 Å². The van der Waals surface area contributed by atoms with Crippen LogP contribution in [0.3, 0.4) is 0 Å². The van der Waals surface area contributed by atoms with Crippen LogP contribution in [-0.4, -0.2) is 50.5 Å². The summed E-state index contributed by atoms with van der Waals surface area (Å²) in [5.74, 6) is -1.69. The Morgan fingerprint density at radius 3 is 2.64 bits per heavy atom. The van der Waals surface area contributed by atoms with Gasteiger partial charge in [-0.05, 0) is 19.3 Å². The summed E-state index contributed by atoms with van der Waals surface area (Å²) in [4.78, 5) is 0.